The molecule has 8 nitrogen and oxygen atoms in total. The van der Waals surface area contributed by atoms with Crippen molar-refractivity contribution in [3.63, 3.8) is 0 Å². The van der Waals surface area contributed by atoms with Gasteiger partial charge in [0.05, 0.1) is 12.2 Å². The molecule has 0 radical (unpaired) electrons. The molecule has 0 spiro atoms. The average Bonchev–Trinajstić information content (AvgIpc) is 2.44. The summed E-state index contributed by atoms with van der Waals surface area (Å²) < 4.78 is 11.3. The largest absolute Gasteiger partial charge is 0.351 e. The maximum atomic E-state index is 10.5. The molecule has 0 aromatic rings. The van der Waals surface area contributed by atoms with Crippen LogP contribution in [0.25, 0.3) is 0 Å². The first-order chi connectivity index (χ1) is 8.31. The molecule has 0 saturated heterocycles. The van der Waals surface area contributed by atoms with E-state index in [0.29, 0.717) is 0 Å². The number of aliphatic imine (C=N–C) groups is 1. The monoisotopic (exact) mass is 260 g/mol. The minimum Gasteiger partial charge on any atom is -0.351 e. The summed E-state index contributed by atoms with van der Waals surface area (Å²) in [7, 11) is 1.67. The Balaban J connectivity index is 2.79. The Hall–Kier alpha value is -1.41. The number of hydrogen-bond donors (Lipinski definition) is 1. The Bertz CT molecular complexity index is 332. The van der Waals surface area contributed by atoms with E-state index < -0.39 is 17.5 Å². The summed E-state index contributed by atoms with van der Waals surface area (Å²) in [6.07, 6.45) is -1.10. The van der Waals surface area contributed by atoms with Crippen molar-refractivity contribution >= 4 is 5.96 Å². The van der Waals surface area contributed by atoms with Crippen LogP contribution in [0.3, 0.4) is 0 Å². The molecule has 1 heterocycles. The molecular weight excluding hydrogens is 240 g/mol. The number of nitrogens with one attached hydrogen (secondary N) is 1. The van der Waals surface area contributed by atoms with Crippen molar-refractivity contribution < 1.29 is 14.5 Å². The number of rotatable bonds is 5. The predicted octanol–water partition coefficient (Wildman–Crippen LogP) is 0.571. The fourth-order valence-electron chi connectivity index (χ4n) is 1.59. The molecule has 1 rings (SSSR count). The molecule has 0 aromatic heterocycles. The van der Waals surface area contributed by atoms with Gasteiger partial charge in [0, 0.05) is 7.05 Å². The number of ether oxygens (including phenoxy) is 2. The molecule has 0 aromatic carbocycles. The summed E-state index contributed by atoms with van der Waals surface area (Å²) in [5.74, 6) is 0.135. The van der Waals surface area contributed by atoms with Crippen LogP contribution in [0.4, 0.5) is 0 Å². The quantitative estimate of drug-likeness (QED) is 0.574. The van der Waals surface area contributed by atoms with Crippen LogP contribution in [0.5, 0.6) is 0 Å². The zero-order chi connectivity index (χ0) is 13.9. The van der Waals surface area contributed by atoms with Gasteiger partial charge < -0.3 is 14.4 Å². The third kappa shape index (κ3) is 3.81. The molecule has 104 valence electrons. The van der Waals surface area contributed by atoms with Gasteiger partial charge in [0.2, 0.25) is 0 Å². The van der Waals surface area contributed by atoms with E-state index in [9.17, 15) is 10.1 Å². The fraction of sp³-hybridized carbons (Fsp3) is 0.900. The van der Waals surface area contributed by atoms with E-state index in [1.165, 1.54) is 0 Å². The Morgan fingerprint density at radius 1 is 1.33 bits per heavy atom. The lowest BCUT2D eigenvalue weighted by molar-refractivity contribution is -0.526. The van der Waals surface area contributed by atoms with Crippen LogP contribution in [0, 0.1) is 10.1 Å². The maximum absolute atomic E-state index is 10.5. The van der Waals surface area contributed by atoms with E-state index in [4.69, 9.17) is 9.47 Å². The van der Waals surface area contributed by atoms with E-state index in [0.717, 1.165) is 0 Å². The highest BCUT2D eigenvalue weighted by Crippen LogP contribution is 2.20. The minimum absolute atomic E-state index is 0.0270. The van der Waals surface area contributed by atoms with Gasteiger partial charge in [-0.2, -0.15) is 0 Å². The van der Waals surface area contributed by atoms with Gasteiger partial charge in [-0.25, -0.2) is 15.1 Å². The second-order valence-electron chi connectivity index (χ2n) is 4.58. The molecule has 8 heteroatoms. The highest BCUT2D eigenvalue weighted by Gasteiger charge is 2.38. The number of hydrazine groups is 1. The zero-order valence-electron chi connectivity index (χ0n) is 11.3. The standard InChI is InChI=1S/C10H20N4O4/c1-6(2)17-8-9(18-7(3)4)13(5)10(11-8)12-14(15)16/h6-9H,1-5H3,(H,11,12)/t8-,9+/m1/s1. The fourth-order valence-corrected chi connectivity index (χ4v) is 1.59. The molecule has 1 aliphatic heterocycles. The first-order valence-corrected chi connectivity index (χ1v) is 5.84. The van der Waals surface area contributed by atoms with Gasteiger partial charge in [0.25, 0.3) is 5.96 Å². The van der Waals surface area contributed by atoms with E-state index in [-0.39, 0.29) is 18.2 Å². The lowest BCUT2D eigenvalue weighted by Gasteiger charge is -2.28. The van der Waals surface area contributed by atoms with Gasteiger partial charge in [-0.15, -0.1) is 0 Å². The van der Waals surface area contributed by atoms with E-state index in [1.807, 2.05) is 33.1 Å². The first kappa shape index (κ1) is 14.7. The summed E-state index contributed by atoms with van der Waals surface area (Å²) in [5.41, 5.74) is 2.04. The van der Waals surface area contributed by atoms with Crippen LogP contribution in [-0.4, -0.2) is 47.6 Å². The number of nitro groups is 1. The zero-order valence-corrected chi connectivity index (χ0v) is 11.3. The second kappa shape index (κ2) is 5.96. The van der Waals surface area contributed by atoms with Crippen molar-refractivity contribution in [3.05, 3.63) is 10.1 Å². The summed E-state index contributed by atoms with van der Waals surface area (Å²) >= 11 is 0. The molecule has 0 aliphatic carbocycles. The third-order valence-corrected chi connectivity index (χ3v) is 2.22. The smallest absolute Gasteiger partial charge is 0.261 e. The van der Waals surface area contributed by atoms with Gasteiger partial charge in [-0.05, 0) is 27.7 Å². The van der Waals surface area contributed by atoms with Crippen molar-refractivity contribution in [2.45, 2.75) is 52.4 Å². The Kier molecular flexibility index (Phi) is 4.85. The number of hydrogen-bond acceptors (Lipinski definition) is 6. The molecule has 0 fully saturated rings. The van der Waals surface area contributed by atoms with Crippen LogP contribution in [0.1, 0.15) is 27.7 Å². The summed E-state index contributed by atoms with van der Waals surface area (Å²) in [4.78, 5) is 16.2. The highest BCUT2D eigenvalue weighted by atomic mass is 16.7. The topological polar surface area (TPSA) is 89.2 Å². The van der Waals surface area contributed by atoms with Gasteiger partial charge in [-0.3, -0.25) is 0 Å². The van der Waals surface area contributed by atoms with Gasteiger partial charge in [-0.1, -0.05) is 5.43 Å². The van der Waals surface area contributed by atoms with Gasteiger partial charge in [0.1, 0.15) is 0 Å². The van der Waals surface area contributed by atoms with Crippen molar-refractivity contribution in [3.8, 4) is 0 Å². The lowest BCUT2D eigenvalue weighted by Crippen LogP contribution is -2.46. The van der Waals surface area contributed by atoms with Crippen molar-refractivity contribution in [1.29, 1.82) is 0 Å². The Morgan fingerprint density at radius 2 is 1.89 bits per heavy atom. The maximum Gasteiger partial charge on any atom is 0.261 e. The SMILES string of the molecule is CC(C)O[C@H]1N=C(N[N+](=O)[O-])N(C)[C@H]1OC(C)C. The van der Waals surface area contributed by atoms with Crippen LogP contribution in [-0.2, 0) is 9.47 Å². The normalized spacial score (nSPS) is 23.7. The van der Waals surface area contributed by atoms with Crippen LogP contribution in [0.2, 0.25) is 0 Å². The van der Waals surface area contributed by atoms with E-state index >= 15 is 0 Å². The Labute approximate surface area is 106 Å². The molecule has 0 amide bonds. The Morgan fingerprint density at radius 3 is 2.33 bits per heavy atom. The predicted molar refractivity (Wildman–Crippen MR) is 65.3 cm³/mol. The minimum atomic E-state index is -0.653. The van der Waals surface area contributed by atoms with E-state index in [2.05, 4.69) is 4.99 Å². The van der Waals surface area contributed by atoms with Crippen LogP contribution >= 0.6 is 0 Å². The highest BCUT2D eigenvalue weighted by molar-refractivity contribution is 5.80. The van der Waals surface area contributed by atoms with Crippen molar-refractivity contribution in [2.24, 2.45) is 4.99 Å². The molecule has 0 bridgehead atoms. The molecule has 18 heavy (non-hydrogen) atoms. The first-order valence-electron chi connectivity index (χ1n) is 5.84. The van der Waals surface area contributed by atoms with Crippen LogP contribution in [0.15, 0.2) is 4.99 Å². The van der Waals surface area contributed by atoms with Gasteiger partial charge >= 0.3 is 0 Å². The van der Waals surface area contributed by atoms with Gasteiger partial charge in [0.15, 0.2) is 17.5 Å². The summed E-state index contributed by atoms with van der Waals surface area (Å²) in [5, 5.41) is 9.81. The molecular formula is C10H20N4O4. The summed E-state index contributed by atoms with van der Waals surface area (Å²) in [6.45, 7) is 7.53. The van der Waals surface area contributed by atoms with Crippen molar-refractivity contribution in [1.82, 2.24) is 10.3 Å². The third-order valence-electron chi connectivity index (χ3n) is 2.22. The summed E-state index contributed by atoms with van der Waals surface area (Å²) in [6, 6.07) is 0. The lowest BCUT2D eigenvalue weighted by atomic mass is 10.4. The molecule has 1 aliphatic rings. The molecule has 0 saturated carbocycles. The number of nitrogens with zero attached hydrogens (tertiary/aromatic N) is 3. The van der Waals surface area contributed by atoms with Crippen LogP contribution < -0.4 is 5.43 Å². The average molecular weight is 260 g/mol. The molecule has 0 unspecified atom stereocenters. The number of likely N-dealkylation sites (N-methyl/N-ethyl adjacent to an activating group) is 1. The molecule has 2 atom stereocenters. The number of guanidine groups is 1. The van der Waals surface area contributed by atoms with Crippen molar-refractivity contribution in [2.75, 3.05) is 7.05 Å². The second-order valence-corrected chi connectivity index (χ2v) is 4.58. The molecule has 1 N–H and O–H groups in total. The van der Waals surface area contributed by atoms with E-state index in [1.54, 1.807) is 11.9 Å².